The van der Waals surface area contributed by atoms with Crippen LogP contribution in [0.4, 0.5) is 34.1 Å². The number of rotatable bonds is 10. The molecule has 0 saturated heterocycles. The van der Waals surface area contributed by atoms with Crippen molar-refractivity contribution in [2.24, 2.45) is 20.5 Å². The van der Waals surface area contributed by atoms with E-state index in [1.165, 1.54) is 22.5 Å². The molecule has 6 aromatic carbocycles. The Morgan fingerprint density at radius 1 is 0.455 bits per heavy atom. The van der Waals surface area contributed by atoms with E-state index in [1.807, 2.05) is 60.7 Å². The molecule has 0 atom stereocenters. The SMILES string of the molecule is Cc1cc2c(cc1N=Nc1cc(C)c(OCc3ccccc3)c(C)c1)N1Cc3cc(C)c(N=Nc4cc(C)c(OCc5ccccc5)c(C)c4)cc3N(C2)C1. The maximum atomic E-state index is 6.19. The van der Waals surface area contributed by atoms with Crippen LogP contribution < -0.4 is 19.3 Å². The second-order valence-corrected chi connectivity index (χ2v) is 14.8. The molecular weight excluding hydrogens is 681 g/mol. The normalized spacial score (nSPS) is 13.3. The Morgan fingerprint density at radius 2 is 0.836 bits per heavy atom. The highest BCUT2D eigenvalue weighted by molar-refractivity contribution is 5.74. The highest BCUT2D eigenvalue weighted by atomic mass is 16.5. The first-order chi connectivity index (χ1) is 26.7. The van der Waals surface area contributed by atoms with Crippen molar-refractivity contribution in [3.8, 4) is 11.5 Å². The van der Waals surface area contributed by atoms with Crippen LogP contribution in [-0.2, 0) is 26.3 Å². The number of fused-ring (bicyclic) bond motifs is 6. The van der Waals surface area contributed by atoms with E-state index in [9.17, 15) is 0 Å². The van der Waals surface area contributed by atoms with Crippen LogP contribution in [0.15, 0.2) is 130 Å². The summed E-state index contributed by atoms with van der Waals surface area (Å²) in [5, 5.41) is 18.9. The van der Waals surface area contributed by atoms with Gasteiger partial charge in [0.15, 0.2) is 0 Å². The van der Waals surface area contributed by atoms with E-state index in [2.05, 4.69) is 99.9 Å². The molecule has 276 valence electrons. The van der Waals surface area contributed by atoms with Crippen LogP contribution in [0.1, 0.15) is 55.6 Å². The van der Waals surface area contributed by atoms with Gasteiger partial charge in [0.25, 0.3) is 0 Å². The molecule has 8 nitrogen and oxygen atoms in total. The van der Waals surface area contributed by atoms with Crippen LogP contribution in [0.2, 0.25) is 0 Å². The van der Waals surface area contributed by atoms with Crippen molar-refractivity contribution in [2.45, 2.75) is 67.8 Å². The van der Waals surface area contributed by atoms with E-state index >= 15 is 0 Å². The van der Waals surface area contributed by atoms with Crippen molar-refractivity contribution in [2.75, 3.05) is 16.5 Å². The Labute approximate surface area is 323 Å². The summed E-state index contributed by atoms with van der Waals surface area (Å²) in [4.78, 5) is 4.86. The fraction of sp³-hybridized carbons (Fsp3) is 0.234. The lowest BCUT2D eigenvalue weighted by Crippen LogP contribution is -2.46. The van der Waals surface area contributed by atoms with Gasteiger partial charge in [-0.05, 0) is 134 Å². The summed E-state index contributed by atoms with van der Waals surface area (Å²) < 4.78 is 12.4. The van der Waals surface area contributed by atoms with Crippen LogP contribution in [0, 0.1) is 41.5 Å². The van der Waals surface area contributed by atoms with Gasteiger partial charge >= 0.3 is 0 Å². The molecule has 2 aliphatic heterocycles. The monoisotopic (exact) mass is 726 g/mol. The zero-order valence-corrected chi connectivity index (χ0v) is 32.4. The molecule has 0 saturated carbocycles. The molecule has 2 aliphatic rings. The Hall–Kier alpha value is -6.28. The van der Waals surface area contributed by atoms with Crippen molar-refractivity contribution in [1.82, 2.24) is 0 Å². The summed E-state index contributed by atoms with van der Waals surface area (Å²) in [5.41, 5.74) is 17.0. The maximum absolute atomic E-state index is 6.19. The lowest BCUT2D eigenvalue weighted by atomic mass is 9.98. The minimum absolute atomic E-state index is 0.531. The molecule has 8 rings (SSSR count). The van der Waals surface area contributed by atoms with Gasteiger partial charge < -0.3 is 19.3 Å². The molecule has 0 aliphatic carbocycles. The zero-order valence-electron chi connectivity index (χ0n) is 32.4. The molecule has 2 bridgehead atoms. The van der Waals surface area contributed by atoms with Crippen LogP contribution in [0.5, 0.6) is 11.5 Å². The minimum atomic E-state index is 0.531. The fourth-order valence-corrected chi connectivity index (χ4v) is 7.70. The van der Waals surface area contributed by atoms with E-state index in [4.69, 9.17) is 29.9 Å². The van der Waals surface area contributed by atoms with Gasteiger partial charge in [-0.15, -0.1) is 0 Å². The Bertz CT molecular complexity index is 2220. The predicted octanol–water partition coefficient (Wildman–Crippen LogP) is 12.8. The third-order valence-electron chi connectivity index (χ3n) is 10.4. The number of hydrogen-bond donors (Lipinski definition) is 0. The fourth-order valence-electron chi connectivity index (χ4n) is 7.70. The van der Waals surface area contributed by atoms with Gasteiger partial charge in [0.05, 0.1) is 29.4 Å². The molecule has 0 aromatic heterocycles. The van der Waals surface area contributed by atoms with Crippen molar-refractivity contribution in [1.29, 1.82) is 0 Å². The smallest absolute Gasteiger partial charge is 0.125 e. The quantitative estimate of drug-likeness (QED) is 0.132. The van der Waals surface area contributed by atoms with Gasteiger partial charge in [-0.2, -0.15) is 20.5 Å². The van der Waals surface area contributed by atoms with Crippen LogP contribution in [0.3, 0.4) is 0 Å². The highest BCUT2D eigenvalue weighted by Crippen LogP contribution is 2.43. The molecule has 0 spiro atoms. The third-order valence-corrected chi connectivity index (χ3v) is 10.4. The molecule has 0 unspecified atom stereocenters. The molecule has 0 N–H and O–H groups in total. The van der Waals surface area contributed by atoms with Gasteiger partial charge in [0, 0.05) is 24.5 Å². The Morgan fingerprint density at radius 3 is 1.22 bits per heavy atom. The van der Waals surface area contributed by atoms with E-state index in [1.54, 1.807) is 0 Å². The average molecular weight is 727 g/mol. The first kappa shape index (κ1) is 35.7. The van der Waals surface area contributed by atoms with Gasteiger partial charge in [-0.3, -0.25) is 0 Å². The van der Waals surface area contributed by atoms with E-state index < -0.39 is 0 Å². The molecule has 2 heterocycles. The second-order valence-electron chi connectivity index (χ2n) is 14.8. The summed E-state index contributed by atoms with van der Waals surface area (Å²) >= 11 is 0. The number of ether oxygens (including phenoxy) is 2. The molecular formula is C47H46N6O2. The number of azo groups is 2. The summed E-state index contributed by atoms with van der Waals surface area (Å²) in [7, 11) is 0. The third kappa shape index (κ3) is 7.71. The first-order valence-electron chi connectivity index (χ1n) is 18.8. The molecule has 6 aromatic rings. The van der Waals surface area contributed by atoms with Crippen molar-refractivity contribution in [3.05, 3.63) is 165 Å². The predicted molar refractivity (Wildman–Crippen MR) is 221 cm³/mol. The molecule has 55 heavy (non-hydrogen) atoms. The minimum Gasteiger partial charge on any atom is -0.488 e. The topological polar surface area (TPSA) is 74.4 Å². The van der Waals surface area contributed by atoms with Gasteiger partial charge in [-0.25, -0.2) is 0 Å². The van der Waals surface area contributed by atoms with E-state index in [-0.39, 0.29) is 0 Å². The van der Waals surface area contributed by atoms with Crippen molar-refractivity contribution in [3.63, 3.8) is 0 Å². The summed E-state index contributed by atoms with van der Waals surface area (Å²) in [6.07, 6.45) is 0. The number of nitrogens with zero attached hydrogens (tertiary/aromatic N) is 6. The number of benzene rings is 6. The molecule has 0 radical (unpaired) electrons. The van der Waals surface area contributed by atoms with Crippen molar-refractivity contribution >= 4 is 34.1 Å². The van der Waals surface area contributed by atoms with Gasteiger partial charge in [0.2, 0.25) is 0 Å². The highest BCUT2D eigenvalue weighted by Gasteiger charge is 2.30. The number of hydrogen-bond acceptors (Lipinski definition) is 8. The van der Waals surface area contributed by atoms with Gasteiger partial charge in [0.1, 0.15) is 24.7 Å². The van der Waals surface area contributed by atoms with Crippen LogP contribution >= 0.6 is 0 Å². The first-order valence-corrected chi connectivity index (χ1v) is 18.8. The van der Waals surface area contributed by atoms with Crippen LogP contribution in [0.25, 0.3) is 0 Å². The largest absolute Gasteiger partial charge is 0.488 e. The number of anilines is 2. The molecule has 0 fully saturated rings. The van der Waals surface area contributed by atoms with Gasteiger partial charge in [-0.1, -0.05) is 72.8 Å². The summed E-state index contributed by atoms with van der Waals surface area (Å²) in [6.45, 7) is 16.0. The van der Waals surface area contributed by atoms with E-state index in [0.29, 0.717) is 13.2 Å². The summed E-state index contributed by atoms with van der Waals surface area (Å²) in [5.74, 6) is 1.79. The van der Waals surface area contributed by atoms with E-state index in [0.717, 1.165) is 98.5 Å². The summed E-state index contributed by atoms with van der Waals surface area (Å²) in [6, 6.07) is 37.6. The molecule has 0 amide bonds. The standard InChI is InChI=1S/C47H46N6O2/c1-30-17-38-25-52-29-53(44(38)23-42(30)50-48-40-19-32(3)46(33(4)20-40)54-27-36-13-9-7-10-14-36)26-39-18-31(2)43(24-45(39)52)51-49-41-21-34(5)47(35(6)22-41)55-28-37-15-11-8-12-16-37/h7-24H,25-29H2,1-6H3. The zero-order chi connectivity index (χ0) is 38.1. The lowest BCUT2D eigenvalue weighted by Gasteiger charge is -2.45. The number of aryl methyl sites for hydroxylation is 6. The Balaban J connectivity index is 0.967. The lowest BCUT2D eigenvalue weighted by molar-refractivity contribution is 0.302. The van der Waals surface area contributed by atoms with Crippen molar-refractivity contribution < 1.29 is 9.47 Å². The second kappa shape index (κ2) is 15.2. The molecule has 8 heteroatoms. The van der Waals surface area contributed by atoms with Crippen LogP contribution in [-0.4, -0.2) is 6.67 Å². The average Bonchev–Trinajstić information content (AvgIpc) is 3.17. The Kier molecular flexibility index (Phi) is 9.89. The maximum Gasteiger partial charge on any atom is 0.125 e.